The van der Waals surface area contributed by atoms with Crippen molar-refractivity contribution in [2.24, 2.45) is 0 Å². The minimum Gasteiger partial charge on any atom is -0.392 e. The minimum atomic E-state index is -0.581. The Morgan fingerprint density at radius 1 is 1.56 bits per heavy atom. The second-order valence-electron chi connectivity index (χ2n) is 4.00. The Morgan fingerprint density at radius 2 is 2.33 bits per heavy atom. The van der Waals surface area contributed by atoms with Crippen molar-refractivity contribution in [1.29, 1.82) is 0 Å². The van der Waals surface area contributed by atoms with Gasteiger partial charge in [-0.05, 0) is 13.3 Å². The largest absolute Gasteiger partial charge is 0.392 e. The van der Waals surface area contributed by atoms with Crippen molar-refractivity contribution in [3.8, 4) is 0 Å². The molecule has 0 saturated heterocycles. The number of fused-ring (bicyclic) bond motifs is 1. The first-order valence-electron chi connectivity index (χ1n) is 5.77. The third kappa shape index (κ3) is 2.30. The molecule has 0 aliphatic heterocycles. The van der Waals surface area contributed by atoms with E-state index in [1.165, 1.54) is 12.5 Å². The van der Waals surface area contributed by atoms with Gasteiger partial charge in [0.05, 0.1) is 17.4 Å². The second-order valence-corrected chi connectivity index (χ2v) is 4.00. The van der Waals surface area contributed by atoms with Crippen LogP contribution in [0.2, 0.25) is 0 Å². The summed E-state index contributed by atoms with van der Waals surface area (Å²) >= 11 is 0. The maximum absolute atomic E-state index is 12.0. The van der Waals surface area contributed by atoms with E-state index in [4.69, 9.17) is 5.11 Å². The van der Waals surface area contributed by atoms with Crippen molar-refractivity contribution >= 4 is 11.7 Å². The lowest BCUT2D eigenvalue weighted by Gasteiger charge is -2.10. The summed E-state index contributed by atoms with van der Waals surface area (Å²) in [6, 6.07) is 0. The van der Waals surface area contributed by atoms with Crippen LogP contribution in [0.25, 0.3) is 5.78 Å². The van der Waals surface area contributed by atoms with E-state index in [1.807, 2.05) is 6.92 Å². The Morgan fingerprint density at radius 3 is 3.00 bits per heavy atom. The van der Waals surface area contributed by atoms with Gasteiger partial charge in [-0.1, -0.05) is 6.92 Å². The van der Waals surface area contributed by atoms with E-state index >= 15 is 0 Å². The van der Waals surface area contributed by atoms with Gasteiger partial charge in [-0.25, -0.2) is 9.50 Å². The van der Waals surface area contributed by atoms with Gasteiger partial charge in [0.25, 0.3) is 11.7 Å². The van der Waals surface area contributed by atoms with Gasteiger partial charge in [-0.3, -0.25) is 4.79 Å². The molecule has 7 heteroatoms. The van der Waals surface area contributed by atoms with Gasteiger partial charge < -0.3 is 10.4 Å². The van der Waals surface area contributed by atoms with Crippen molar-refractivity contribution in [2.75, 3.05) is 6.54 Å². The number of nitrogens with one attached hydrogen (secondary N) is 1. The smallest absolute Gasteiger partial charge is 0.254 e. The molecule has 0 bridgehead atoms. The molecule has 2 aromatic rings. The molecule has 2 heterocycles. The predicted octanol–water partition coefficient (Wildman–Crippen LogP) is -0.203. The fourth-order valence-electron chi connectivity index (χ4n) is 1.69. The average Bonchev–Trinajstić information content (AvgIpc) is 2.82. The van der Waals surface area contributed by atoms with E-state index in [2.05, 4.69) is 20.4 Å². The zero-order valence-electron chi connectivity index (χ0n) is 10.3. The van der Waals surface area contributed by atoms with Crippen molar-refractivity contribution in [1.82, 2.24) is 24.9 Å². The summed E-state index contributed by atoms with van der Waals surface area (Å²) in [7, 11) is 0. The standard InChI is InChI=1S/C11H15N5O2/c1-3-9-8(10(18)12-4-7(2)17)5-13-11-14-6-15-16(9)11/h5-7,17H,3-4H2,1-2H3,(H,12,18). The summed E-state index contributed by atoms with van der Waals surface area (Å²) in [4.78, 5) is 20.0. The number of hydrogen-bond acceptors (Lipinski definition) is 5. The SMILES string of the molecule is CCc1c(C(=O)NCC(C)O)cnc2ncnn12. The first kappa shape index (κ1) is 12.4. The van der Waals surface area contributed by atoms with Crippen LogP contribution < -0.4 is 5.32 Å². The van der Waals surface area contributed by atoms with E-state index in [0.29, 0.717) is 17.8 Å². The topological polar surface area (TPSA) is 92.4 Å². The van der Waals surface area contributed by atoms with Crippen LogP contribution in [0.15, 0.2) is 12.5 Å². The van der Waals surface area contributed by atoms with Crippen LogP contribution in [-0.4, -0.2) is 43.2 Å². The quantitative estimate of drug-likeness (QED) is 0.782. The number of aromatic nitrogens is 4. The van der Waals surface area contributed by atoms with Crippen LogP contribution in [0.1, 0.15) is 29.9 Å². The van der Waals surface area contributed by atoms with E-state index < -0.39 is 6.10 Å². The average molecular weight is 249 g/mol. The molecule has 2 rings (SSSR count). The molecular weight excluding hydrogens is 234 g/mol. The zero-order valence-corrected chi connectivity index (χ0v) is 10.3. The van der Waals surface area contributed by atoms with Crippen molar-refractivity contribution in [2.45, 2.75) is 26.4 Å². The third-order valence-corrected chi connectivity index (χ3v) is 2.54. The van der Waals surface area contributed by atoms with Crippen LogP contribution in [0.4, 0.5) is 0 Å². The second kappa shape index (κ2) is 5.09. The molecule has 7 nitrogen and oxygen atoms in total. The molecular formula is C11H15N5O2. The molecule has 0 radical (unpaired) electrons. The highest BCUT2D eigenvalue weighted by molar-refractivity contribution is 5.95. The van der Waals surface area contributed by atoms with E-state index in [9.17, 15) is 4.79 Å². The number of aliphatic hydroxyl groups is 1. The minimum absolute atomic E-state index is 0.206. The van der Waals surface area contributed by atoms with Gasteiger partial charge in [0.15, 0.2) is 0 Å². The summed E-state index contributed by atoms with van der Waals surface area (Å²) < 4.78 is 1.55. The van der Waals surface area contributed by atoms with Gasteiger partial charge >= 0.3 is 0 Å². The molecule has 0 aromatic carbocycles. The molecule has 2 N–H and O–H groups in total. The zero-order chi connectivity index (χ0) is 13.1. The van der Waals surface area contributed by atoms with Crippen molar-refractivity contribution < 1.29 is 9.90 Å². The summed E-state index contributed by atoms with van der Waals surface area (Å²) in [5.41, 5.74) is 1.21. The molecule has 0 spiro atoms. The number of aliphatic hydroxyl groups excluding tert-OH is 1. The molecule has 2 aromatic heterocycles. The predicted molar refractivity (Wildman–Crippen MR) is 64.2 cm³/mol. The van der Waals surface area contributed by atoms with Crippen molar-refractivity contribution in [3.63, 3.8) is 0 Å². The molecule has 96 valence electrons. The number of rotatable bonds is 4. The molecule has 0 fully saturated rings. The summed E-state index contributed by atoms with van der Waals surface area (Å²) in [6.07, 6.45) is 2.95. The lowest BCUT2D eigenvalue weighted by molar-refractivity contribution is 0.0922. The fraction of sp³-hybridized carbons (Fsp3) is 0.455. The summed E-state index contributed by atoms with van der Waals surface area (Å²) in [5.74, 6) is 0.205. The molecule has 1 amide bonds. The van der Waals surface area contributed by atoms with Crippen LogP contribution in [0.3, 0.4) is 0 Å². The Balaban J connectivity index is 2.34. The highest BCUT2D eigenvalue weighted by atomic mass is 16.3. The normalized spacial score (nSPS) is 12.6. The lowest BCUT2D eigenvalue weighted by Crippen LogP contribution is -2.31. The van der Waals surface area contributed by atoms with E-state index in [-0.39, 0.29) is 12.5 Å². The van der Waals surface area contributed by atoms with Gasteiger partial charge in [-0.15, -0.1) is 0 Å². The maximum atomic E-state index is 12.0. The lowest BCUT2D eigenvalue weighted by atomic mass is 10.2. The molecule has 0 saturated carbocycles. The molecule has 1 unspecified atom stereocenters. The van der Waals surface area contributed by atoms with Gasteiger partial charge in [0.1, 0.15) is 6.33 Å². The Hall–Kier alpha value is -2.02. The number of aryl methyl sites for hydroxylation is 1. The molecule has 1 atom stereocenters. The summed E-state index contributed by atoms with van der Waals surface area (Å²) in [5, 5.41) is 15.8. The van der Waals surface area contributed by atoms with Crippen LogP contribution in [0, 0.1) is 0 Å². The van der Waals surface area contributed by atoms with Gasteiger partial charge in [0.2, 0.25) is 0 Å². The highest BCUT2D eigenvalue weighted by Gasteiger charge is 2.15. The number of hydrogen-bond donors (Lipinski definition) is 2. The monoisotopic (exact) mass is 249 g/mol. The fourth-order valence-corrected chi connectivity index (χ4v) is 1.69. The number of carbonyl (C=O) groups is 1. The van der Waals surface area contributed by atoms with Crippen LogP contribution in [-0.2, 0) is 6.42 Å². The molecule has 0 aliphatic rings. The van der Waals surface area contributed by atoms with E-state index in [0.717, 1.165) is 5.69 Å². The van der Waals surface area contributed by atoms with Gasteiger partial charge in [-0.2, -0.15) is 10.1 Å². The van der Waals surface area contributed by atoms with Gasteiger partial charge in [0, 0.05) is 12.7 Å². The number of amides is 1. The summed E-state index contributed by atoms with van der Waals surface area (Å²) in [6.45, 7) is 3.75. The Kier molecular flexibility index (Phi) is 3.52. The Bertz CT molecular complexity index is 564. The molecule has 0 aliphatic carbocycles. The highest BCUT2D eigenvalue weighted by Crippen LogP contribution is 2.09. The Labute approximate surface area is 104 Å². The third-order valence-electron chi connectivity index (χ3n) is 2.54. The number of nitrogens with zero attached hydrogens (tertiary/aromatic N) is 4. The van der Waals surface area contributed by atoms with Crippen molar-refractivity contribution in [3.05, 3.63) is 23.8 Å². The molecule has 18 heavy (non-hydrogen) atoms. The maximum Gasteiger partial charge on any atom is 0.254 e. The van der Waals surface area contributed by atoms with Crippen LogP contribution >= 0.6 is 0 Å². The number of carbonyl (C=O) groups excluding carboxylic acids is 1. The first-order valence-corrected chi connectivity index (χ1v) is 5.77. The first-order chi connectivity index (χ1) is 8.63. The van der Waals surface area contributed by atoms with E-state index in [1.54, 1.807) is 11.4 Å². The van der Waals surface area contributed by atoms with Crippen LogP contribution in [0.5, 0.6) is 0 Å².